The van der Waals surface area contributed by atoms with Crippen LogP contribution in [0.3, 0.4) is 0 Å². The van der Waals surface area contributed by atoms with Gasteiger partial charge in [0.25, 0.3) is 0 Å². The molecule has 2 N–H and O–H groups in total. The molecule has 0 aliphatic heterocycles. The number of ether oxygens (including phenoxy) is 1. The average molecular weight is 296 g/mol. The van der Waals surface area contributed by atoms with Gasteiger partial charge in [-0.25, -0.2) is 4.79 Å². The van der Waals surface area contributed by atoms with Gasteiger partial charge in [0.1, 0.15) is 5.00 Å². The molecule has 1 aromatic rings. The molecule has 0 radical (unpaired) electrons. The van der Waals surface area contributed by atoms with Crippen molar-refractivity contribution in [3.63, 3.8) is 0 Å². The Bertz CT molecular complexity index is 523. The van der Waals surface area contributed by atoms with Crippen LogP contribution in [0.25, 0.3) is 0 Å². The zero-order valence-corrected chi connectivity index (χ0v) is 12.9. The zero-order chi connectivity index (χ0) is 14.7. The number of esters is 1. The van der Waals surface area contributed by atoms with E-state index in [9.17, 15) is 9.59 Å². The van der Waals surface area contributed by atoms with Gasteiger partial charge in [0.15, 0.2) is 0 Å². The first-order chi connectivity index (χ1) is 9.52. The predicted molar refractivity (Wildman–Crippen MR) is 79.5 cm³/mol. The number of thiophene rings is 1. The summed E-state index contributed by atoms with van der Waals surface area (Å²) in [6.07, 6.45) is 2.93. The van der Waals surface area contributed by atoms with Crippen LogP contribution in [0.1, 0.15) is 41.1 Å². The molecule has 0 saturated carbocycles. The van der Waals surface area contributed by atoms with E-state index in [1.807, 2.05) is 13.8 Å². The highest BCUT2D eigenvalue weighted by Crippen LogP contribution is 2.39. The molecular formula is C14H20N2O3S. The SMILES string of the molecule is COC(=O)c1c(NC(=O)CNC(C)C)sc2c1CCC2. The van der Waals surface area contributed by atoms with Crippen LogP contribution in [-0.4, -0.2) is 31.6 Å². The van der Waals surface area contributed by atoms with Crippen LogP contribution in [0.2, 0.25) is 0 Å². The van der Waals surface area contributed by atoms with Crippen LogP contribution in [0.5, 0.6) is 0 Å². The summed E-state index contributed by atoms with van der Waals surface area (Å²) < 4.78 is 4.84. The summed E-state index contributed by atoms with van der Waals surface area (Å²) in [6, 6.07) is 0.245. The molecule has 0 bridgehead atoms. The Labute approximate surface area is 122 Å². The molecule has 1 amide bonds. The van der Waals surface area contributed by atoms with E-state index in [1.54, 1.807) is 0 Å². The number of hydrogen-bond donors (Lipinski definition) is 2. The summed E-state index contributed by atoms with van der Waals surface area (Å²) in [5, 5.41) is 6.50. The lowest BCUT2D eigenvalue weighted by molar-refractivity contribution is -0.115. The van der Waals surface area contributed by atoms with Crippen molar-refractivity contribution in [3.05, 3.63) is 16.0 Å². The minimum Gasteiger partial charge on any atom is -0.465 e. The third-order valence-corrected chi connectivity index (χ3v) is 4.44. The maximum Gasteiger partial charge on any atom is 0.341 e. The van der Waals surface area contributed by atoms with Crippen molar-refractivity contribution in [3.8, 4) is 0 Å². The standard InChI is InChI=1S/C14H20N2O3S/c1-8(2)15-7-11(17)16-13-12(14(18)19-3)9-5-4-6-10(9)20-13/h8,15H,4-7H2,1-3H3,(H,16,17). The highest BCUT2D eigenvalue weighted by Gasteiger charge is 2.27. The first-order valence-corrected chi connectivity index (χ1v) is 7.60. The molecule has 0 spiro atoms. The van der Waals surface area contributed by atoms with Gasteiger partial charge in [0, 0.05) is 10.9 Å². The van der Waals surface area contributed by atoms with E-state index in [2.05, 4.69) is 10.6 Å². The Morgan fingerprint density at radius 2 is 2.10 bits per heavy atom. The monoisotopic (exact) mass is 296 g/mol. The topological polar surface area (TPSA) is 67.4 Å². The molecule has 110 valence electrons. The van der Waals surface area contributed by atoms with Gasteiger partial charge in [-0.3, -0.25) is 4.79 Å². The van der Waals surface area contributed by atoms with Gasteiger partial charge in [0.05, 0.1) is 19.2 Å². The number of carbonyl (C=O) groups is 2. The molecule has 0 fully saturated rings. The average Bonchev–Trinajstić information content (AvgIpc) is 2.95. The van der Waals surface area contributed by atoms with E-state index in [1.165, 1.54) is 23.3 Å². The minimum absolute atomic E-state index is 0.135. The second-order valence-corrected chi connectivity index (χ2v) is 6.24. The van der Waals surface area contributed by atoms with Crippen molar-refractivity contribution < 1.29 is 14.3 Å². The predicted octanol–water partition coefficient (Wildman–Crippen LogP) is 1.96. The van der Waals surface area contributed by atoms with Crippen LogP contribution in [0, 0.1) is 0 Å². The number of carbonyl (C=O) groups excluding carboxylic acids is 2. The third kappa shape index (κ3) is 3.19. The summed E-state index contributed by atoms with van der Waals surface area (Å²) >= 11 is 1.49. The summed E-state index contributed by atoms with van der Waals surface area (Å²) in [5.74, 6) is -0.500. The molecule has 0 saturated heterocycles. The van der Waals surface area contributed by atoms with E-state index in [-0.39, 0.29) is 24.5 Å². The first-order valence-electron chi connectivity index (χ1n) is 6.79. The van der Waals surface area contributed by atoms with Crippen molar-refractivity contribution in [1.82, 2.24) is 5.32 Å². The minimum atomic E-state index is -0.364. The summed E-state index contributed by atoms with van der Waals surface area (Å²) in [6.45, 7) is 4.19. The summed E-state index contributed by atoms with van der Waals surface area (Å²) in [7, 11) is 1.37. The van der Waals surface area contributed by atoms with Crippen LogP contribution in [0.15, 0.2) is 0 Å². The van der Waals surface area contributed by atoms with Crippen molar-refractivity contribution >= 4 is 28.2 Å². The highest BCUT2D eigenvalue weighted by atomic mass is 32.1. The molecule has 0 atom stereocenters. The Kier molecular flexibility index (Phi) is 4.77. The lowest BCUT2D eigenvalue weighted by Crippen LogP contribution is -2.32. The normalized spacial score (nSPS) is 13.4. The number of amides is 1. The van der Waals surface area contributed by atoms with Crippen molar-refractivity contribution in [1.29, 1.82) is 0 Å². The van der Waals surface area contributed by atoms with E-state index in [0.29, 0.717) is 10.6 Å². The third-order valence-electron chi connectivity index (χ3n) is 3.23. The molecule has 0 unspecified atom stereocenters. The number of methoxy groups -OCH3 is 1. The van der Waals surface area contributed by atoms with Crippen molar-refractivity contribution in [2.75, 3.05) is 19.0 Å². The quantitative estimate of drug-likeness (QED) is 0.815. The van der Waals surface area contributed by atoms with Crippen molar-refractivity contribution in [2.45, 2.75) is 39.2 Å². The van der Waals surface area contributed by atoms with Gasteiger partial charge >= 0.3 is 5.97 Å². The number of nitrogens with one attached hydrogen (secondary N) is 2. The number of rotatable bonds is 5. The fourth-order valence-corrected chi connectivity index (χ4v) is 3.57. The molecule has 1 aliphatic carbocycles. The molecule has 5 nitrogen and oxygen atoms in total. The lowest BCUT2D eigenvalue weighted by Gasteiger charge is -2.09. The highest BCUT2D eigenvalue weighted by molar-refractivity contribution is 7.17. The smallest absolute Gasteiger partial charge is 0.341 e. The van der Waals surface area contributed by atoms with Gasteiger partial charge in [-0.05, 0) is 24.8 Å². The number of aryl methyl sites for hydroxylation is 1. The second kappa shape index (κ2) is 6.37. The van der Waals surface area contributed by atoms with Crippen LogP contribution >= 0.6 is 11.3 Å². The molecule has 1 aliphatic rings. The summed E-state index contributed by atoms with van der Waals surface area (Å²) in [5.41, 5.74) is 1.59. The van der Waals surface area contributed by atoms with E-state index < -0.39 is 0 Å². The van der Waals surface area contributed by atoms with Gasteiger partial charge in [0.2, 0.25) is 5.91 Å². The number of fused-ring (bicyclic) bond motifs is 1. The largest absolute Gasteiger partial charge is 0.465 e. The molecule has 2 rings (SSSR count). The maximum absolute atomic E-state index is 11.9. The first kappa shape index (κ1) is 15.0. The van der Waals surface area contributed by atoms with Gasteiger partial charge in [-0.15, -0.1) is 11.3 Å². The lowest BCUT2D eigenvalue weighted by atomic mass is 10.1. The maximum atomic E-state index is 11.9. The molecule has 0 aromatic carbocycles. The van der Waals surface area contributed by atoms with Crippen LogP contribution in [0.4, 0.5) is 5.00 Å². The fraction of sp³-hybridized carbons (Fsp3) is 0.571. The van der Waals surface area contributed by atoms with E-state index >= 15 is 0 Å². The summed E-state index contributed by atoms with van der Waals surface area (Å²) in [4.78, 5) is 25.0. The van der Waals surface area contributed by atoms with E-state index in [0.717, 1.165) is 24.8 Å². The molecular weight excluding hydrogens is 276 g/mol. The Morgan fingerprint density at radius 3 is 2.75 bits per heavy atom. The fourth-order valence-electron chi connectivity index (χ4n) is 2.28. The van der Waals surface area contributed by atoms with Gasteiger partial charge in [-0.2, -0.15) is 0 Å². The van der Waals surface area contributed by atoms with Gasteiger partial charge in [-0.1, -0.05) is 13.8 Å². The Morgan fingerprint density at radius 1 is 1.35 bits per heavy atom. The Balaban J connectivity index is 2.15. The van der Waals surface area contributed by atoms with Gasteiger partial charge < -0.3 is 15.4 Å². The number of anilines is 1. The number of hydrogen-bond acceptors (Lipinski definition) is 5. The zero-order valence-electron chi connectivity index (χ0n) is 12.0. The Hall–Kier alpha value is -1.40. The second-order valence-electron chi connectivity index (χ2n) is 5.14. The van der Waals surface area contributed by atoms with E-state index in [4.69, 9.17) is 4.74 Å². The molecule has 6 heteroatoms. The molecule has 1 aromatic heterocycles. The van der Waals surface area contributed by atoms with Crippen LogP contribution in [-0.2, 0) is 22.4 Å². The molecule has 20 heavy (non-hydrogen) atoms. The molecule has 1 heterocycles. The van der Waals surface area contributed by atoms with Crippen molar-refractivity contribution in [2.24, 2.45) is 0 Å². The van der Waals surface area contributed by atoms with Crippen LogP contribution < -0.4 is 10.6 Å².